The van der Waals surface area contributed by atoms with E-state index in [1.807, 2.05) is 0 Å². The number of ether oxygens (including phenoxy) is 3. The highest BCUT2D eigenvalue weighted by molar-refractivity contribution is 5.34. The summed E-state index contributed by atoms with van der Waals surface area (Å²) in [5.74, 6) is 0.605. The van der Waals surface area contributed by atoms with Crippen LogP contribution in [-0.2, 0) is 20.6 Å². The first-order valence-electron chi connectivity index (χ1n) is 9.06. The van der Waals surface area contributed by atoms with Gasteiger partial charge >= 0.3 is 0 Å². The molecule has 0 saturated carbocycles. The number of anilines is 1. The molecule has 0 aromatic carbocycles. The lowest BCUT2D eigenvalue weighted by Gasteiger charge is -2.33. The predicted molar refractivity (Wildman–Crippen MR) is 95.9 cm³/mol. The van der Waals surface area contributed by atoms with E-state index in [4.69, 9.17) is 25.1 Å². The highest BCUT2D eigenvalue weighted by atomic mass is 16.5. The van der Waals surface area contributed by atoms with Gasteiger partial charge in [0.25, 0.3) is 0 Å². The lowest BCUT2D eigenvalue weighted by Crippen LogP contribution is -2.46. The number of hydrogen-bond acceptors (Lipinski definition) is 9. The molecule has 3 atom stereocenters. The van der Waals surface area contributed by atoms with Gasteiger partial charge in [0.05, 0.1) is 63.2 Å². The molecule has 26 heavy (non-hydrogen) atoms. The van der Waals surface area contributed by atoms with Crippen molar-refractivity contribution >= 4 is 5.82 Å². The number of aliphatic hydroxyl groups is 2. The van der Waals surface area contributed by atoms with Gasteiger partial charge in [-0.1, -0.05) is 0 Å². The molecule has 0 bridgehead atoms. The Bertz CT molecular complexity index is 508. The van der Waals surface area contributed by atoms with Crippen molar-refractivity contribution < 1.29 is 24.4 Å². The first-order chi connectivity index (χ1) is 12.7. The Morgan fingerprint density at radius 3 is 2.77 bits per heavy atom. The smallest absolute Gasteiger partial charge is 0.145 e. The van der Waals surface area contributed by atoms with Crippen LogP contribution < -0.4 is 11.1 Å². The van der Waals surface area contributed by atoms with Crippen LogP contribution in [0.1, 0.15) is 18.5 Å². The number of aromatic nitrogens is 2. The summed E-state index contributed by atoms with van der Waals surface area (Å²) >= 11 is 0. The van der Waals surface area contributed by atoms with E-state index in [0.717, 1.165) is 18.5 Å². The van der Waals surface area contributed by atoms with Crippen molar-refractivity contribution in [3.8, 4) is 0 Å². The summed E-state index contributed by atoms with van der Waals surface area (Å²) in [6.07, 6.45) is 4.44. The van der Waals surface area contributed by atoms with Crippen LogP contribution in [0, 0.1) is 0 Å². The number of nitrogens with two attached hydrogens (primary N) is 1. The SMILES string of the molecule is NCCOCCOCCCc1cncc(N[C@H]2CO[C@H](CO)C[C@@H]2O)n1. The van der Waals surface area contributed by atoms with Gasteiger partial charge in [0.1, 0.15) is 5.82 Å². The molecule has 1 saturated heterocycles. The minimum absolute atomic E-state index is 0.0830. The van der Waals surface area contributed by atoms with Crippen LogP contribution in [-0.4, -0.2) is 84.6 Å². The molecule has 0 amide bonds. The third kappa shape index (κ3) is 7.48. The minimum Gasteiger partial charge on any atom is -0.394 e. The fourth-order valence-electron chi connectivity index (χ4n) is 2.66. The fourth-order valence-corrected chi connectivity index (χ4v) is 2.66. The summed E-state index contributed by atoms with van der Waals surface area (Å²) in [4.78, 5) is 8.71. The van der Waals surface area contributed by atoms with E-state index in [1.165, 1.54) is 0 Å². The Morgan fingerprint density at radius 2 is 2.04 bits per heavy atom. The third-order valence-electron chi connectivity index (χ3n) is 4.06. The number of rotatable bonds is 12. The van der Waals surface area contributed by atoms with Crippen LogP contribution in [0.2, 0.25) is 0 Å². The van der Waals surface area contributed by atoms with Crippen LogP contribution in [0.5, 0.6) is 0 Å². The van der Waals surface area contributed by atoms with Crippen LogP contribution in [0.15, 0.2) is 12.4 Å². The van der Waals surface area contributed by atoms with Crippen molar-refractivity contribution in [3.05, 3.63) is 18.1 Å². The Kier molecular flexibility index (Phi) is 9.75. The maximum Gasteiger partial charge on any atom is 0.145 e. The molecular formula is C17H30N4O5. The lowest BCUT2D eigenvalue weighted by molar-refractivity contribution is -0.0713. The predicted octanol–water partition coefficient (Wildman–Crippen LogP) is -0.676. The van der Waals surface area contributed by atoms with Crippen LogP contribution in [0.25, 0.3) is 0 Å². The maximum absolute atomic E-state index is 10.1. The fraction of sp³-hybridized carbons (Fsp3) is 0.765. The molecule has 1 aromatic rings. The molecule has 2 heterocycles. The van der Waals surface area contributed by atoms with Crippen molar-refractivity contribution in [2.75, 3.05) is 51.5 Å². The highest BCUT2D eigenvalue weighted by Crippen LogP contribution is 2.17. The molecule has 0 aliphatic carbocycles. The summed E-state index contributed by atoms with van der Waals surface area (Å²) in [6.45, 7) is 3.05. The standard InChI is InChI=1S/C17H30N4O5/c18-3-5-25-7-6-24-4-1-2-13-9-19-10-17(20-13)21-15-12-26-14(11-22)8-16(15)23/h9-10,14-16,22-23H,1-8,11-12,18H2,(H,20,21)/t14-,15-,16-/m0/s1. The molecule has 5 N–H and O–H groups in total. The Labute approximate surface area is 153 Å². The van der Waals surface area contributed by atoms with Gasteiger partial charge in [-0.15, -0.1) is 0 Å². The van der Waals surface area contributed by atoms with Gasteiger partial charge in [-0.05, 0) is 12.8 Å². The van der Waals surface area contributed by atoms with E-state index in [-0.39, 0.29) is 18.8 Å². The van der Waals surface area contributed by atoms with E-state index in [0.29, 0.717) is 51.8 Å². The topological polar surface area (TPSA) is 132 Å². The molecule has 1 fully saturated rings. The van der Waals surface area contributed by atoms with E-state index in [1.54, 1.807) is 12.4 Å². The normalized spacial score (nSPS) is 23.1. The van der Waals surface area contributed by atoms with E-state index < -0.39 is 6.10 Å². The van der Waals surface area contributed by atoms with Crippen molar-refractivity contribution in [1.82, 2.24) is 9.97 Å². The van der Waals surface area contributed by atoms with Crippen LogP contribution in [0.3, 0.4) is 0 Å². The van der Waals surface area contributed by atoms with Gasteiger partial charge in [0.2, 0.25) is 0 Å². The second kappa shape index (κ2) is 12.1. The van der Waals surface area contributed by atoms with Gasteiger partial charge in [0, 0.05) is 25.8 Å². The molecule has 0 radical (unpaired) electrons. The Morgan fingerprint density at radius 1 is 1.23 bits per heavy atom. The lowest BCUT2D eigenvalue weighted by atomic mass is 10.0. The number of nitrogens with one attached hydrogen (secondary N) is 1. The average molecular weight is 370 g/mol. The minimum atomic E-state index is -0.596. The molecule has 1 aliphatic heterocycles. The molecule has 148 valence electrons. The molecule has 0 unspecified atom stereocenters. The van der Waals surface area contributed by atoms with E-state index in [9.17, 15) is 5.11 Å². The summed E-state index contributed by atoms with van der Waals surface area (Å²) in [5.41, 5.74) is 6.19. The van der Waals surface area contributed by atoms with Crippen molar-refractivity contribution in [2.24, 2.45) is 5.73 Å². The first-order valence-corrected chi connectivity index (χ1v) is 9.06. The van der Waals surface area contributed by atoms with Gasteiger partial charge in [-0.2, -0.15) is 0 Å². The second-order valence-electron chi connectivity index (χ2n) is 6.20. The molecule has 1 aliphatic rings. The van der Waals surface area contributed by atoms with Gasteiger partial charge in [-0.3, -0.25) is 4.98 Å². The Balaban J connectivity index is 1.67. The maximum atomic E-state index is 10.1. The average Bonchev–Trinajstić information content (AvgIpc) is 2.66. The summed E-state index contributed by atoms with van der Waals surface area (Å²) in [6, 6.07) is -0.265. The van der Waals surface area contributed by atoms with E-state index in [2.05, 4.69) is 15.3 Å². The largest absolute Gasteiger partial charge is 0.394 e. The summed E-state index contributed by atoms with van der Waals surface area (Å²) < 4.78 is 16.2. The Hall–Kier alpha value is -1.36. The third-order valence-corrected chi connectivity index (χ3v) is 4.06. The second-order valence-corrected chi connectivity index (χ2v) is 6.20. The molecule has 9 nitrogen and oxygen atoms in total. The number of aryl methyl sites for hydroxylation is 1. The summed E-state index contributed by atoms with van der Waals surface area (Å²) in [5, 5.41) is 22.4. The molecular weight excluding hydrogens is 340 g/mol. The number of hydrogen-bond donors (Lipinski definition) is 4. The van der Waals surface area contributed by atoms with Crippen molar-refractivity contribution in [2.45, 2.75) is 37.5 Å². The van der Waals surface area contributed by atoms with Gasteiger partial charge < -0.3 is 35.5 Å². The quantitative estimate of drug-likeness (QED) is 0.353. The number of aliphatic hydroxyl groups excluding tert-OH is 2. The van der Waals surface area contributed by atoms with Crippen LogP contribution >= 0.6 is 0 Å². The zero-order valence-electron chi connectivity index (χ0n) is 15.0. The zero-order valence-corrected chi connectivity index (χ0v) is 15.0. The molecule has 2 rings (SSSR count). The molecule has 0 spiro atoms. The monoisotopic (exact) mass is 370 g/mol. The van der Waals surface area contributed by atoms with Gasteiger partial charge in [0.15, 0.2) is 0 Å². The molecule has 9 heteroatoms. The van der Waals surface area contributed by atoms with E-state index >= 15 is 0 Å². The van der Waals surface area contributed by atoms with Crippen LogP contribution in [0.4, 0.5) is 5.82 Å². The van der Waals surface area contributed by atoms with Crippen molar-refractivity contribution in [1.29, 1.82) is 0 Å². The van der Waals surface area contributed by atoms with Gasteiger partial charge in [-0.25, -0.2) is 4.98 Å². The number of nitrogens with zero attached hydrogens (tertiary/aromatic N) is 2. The van der Waals surface area contributed by atoms with Crippen molar-refractivity contribution in [3.63, 3.8) is 0 Å². The first kappa shape index (κ1) is 20.9. The highest BCUT2D eigenvalue weighted by Gasteiger charge is 2.29. The zero-order chi connectivity index (χ0) is 18.6. The molecule has 1 aromatic heterocycles. The summed E-state index contributed by atoms with van der Waals surface area (Å²) in [7, 11) is 0.